The number of para-hydroxylation sites is 1. The fourth-order valence-electron chi connectivity index (χ4n) is 2.30. The van der Waals surface area contributed by atoms with Gasteiger partial charge in [-0.15, -0.1) is 0 Å². The highest BCUT2D eigenvalue weighted by atomic mass is 32.2. The van der Waals surface area contributed by atoms with Crippen LogP contribution in [0.4, 0.5) is 0 Å². The molecule has 110 valence electrons. The molecule has 0 spiro atoms. The fraction of sp³-hybridized carbons (Fsp3) is 0.500. The van der Waals surface area contributed by atoms with Crippen LogP contribution in [0.15, 0.2) is 36.9 Å². The zero-order valence-corrected chi connectivity index (χ0v) is 12.6. The molecule has 2 N–H and O–H groups in total. The minimum Gasteiger partial charge on any atom is -0.489 e. The van der Waals surface area contributed by atoms with E-state index >= 15 is 0 Å². The normalized spacial score (nSPS) is 17.6. The van der Waals surface area contributed by atoms with Crippen molar-refractivity contribution in [3.05, 3.63) is 42.5 Å². The van der Waals surface area contributed by atoms with E-state index in [1.807, 2.05) is 36.0 Å². The molecular formula is C16H23NO2S. The van der Waals surface area contributed by atoms with Crippen molar-refractivity contribution in [1.29, 1.82) is 0 Å². The average molecular weight is 293 g/mol. The van der Waals surface area contributed by atoms with E-state index in [0.29, 0.717) is 19.7 Å². The van der Waals surface area contributed by atoms with Gasteiger partial charge in [-0.25, -0.2) is 0 Å². The maximum Gasteiger partial charge on any atom is 0.124 e. The number of hydrogen-bond acceptors (Lipinski definition) is 4. The summed E-state index contributed by atoms with van der Waals surface area (Å²) >= 11 is 1.92. The largest absolute Gasteiger partial charge is 0.489 e. The van der Waals surface area contributed by atoms with E-state index in [4.69, 9.17) is 4.74 Å². The Labute approximate surface area is 125 Å². The molecule has 1 heterocycles. The Morgan fingerprint density at radius 2 is 2.10 bits per heavy atom. The molecule has 1 aliphatic heterocycles. The fourth-order valence-corrected chi connectivity index (χ4v) is 3.55. The number of thioether (sulfide) groups is 1. The third-order valence-electron chi connectivity index (χ3n) is 3.52. The minimum absolute atomic E-state index is 0.512. The number of nitrogens with one attached hydrogen (secondary N) is 1. The molecular weight excluding hydrogens is 270 g/mol. The van der Waals surface area contributed by atoms with E-state index in [1.165, 1.54) is 0 Å². The number of ether oxygens (including phenoxy) is 1. The topological polar surface area (TPSA) is 41.5 Å². The molecule has 2 rings (SSSR count). The van der Waals surface area contributed by atoms with Crippen LogP contribution < -0.4 is 10.1 Å². The molecule has 1 aromatic rings. The third-order valence-corrected chi connectivity index (χ3v) is 4.51. The Hall–Kier alpha value is -0.970. The molecule has 1 saturated heterocycles. The highest BCUT2D eigenvalue weighted by Crippen LogP contribution is 2.26. The monoisotopic (exact) mass is 293 g/mol. The van der Waals surface area contributed by atoms with Crippen LogP contribution in [-0.4, -0.2) is 35.4 Å². The third kappa shape index (κ3) is 4.54. The Balaban J connectivity index is 1.85. The van der Waals surface area contributed by atoms with Gasteiger partial charge in [0.15, 0.2) is 0 Å². The van der Waals surface area contributed by atoms with Gasteiger partial charge in [0.25, 0.3) is 0 Å². The van der Waals surface area contributed by atoms with Crippen molar-refractivity contribution in [2.45, 2.75) is 25.0 Å². The van der Waals surface area contributed by atoms with Crippen LogP contribution in [0.2, 0.25) is 0 Å². The zero-order chi connectivity index (χ0) is 14.3. The lowest BCUT2D eigenvalue weighted by Gasteiger charge is -2.32. The van der Waals surface area contributed by atoms with Gasteiger partial charge in [0.2, 0.25) is 0 Å². The highest BCUT2D eigenvalue weighted by molar-refractivity contribution is 7.99. The molecule has 0 bridgehead atoms. The molecule has 3 nitrogen and oxygen atoms in total. The Morgan fingerprint density at radius 1 is 1.35 bits per heavy atom. The second-order valence-corrected chi connectivity index (χ2v) is 6.37. The average Bonchev–Trinajstić information content (AvgIpc) is 2.47. The van der Waals surface area contributed by atoms with E-state index < -0.39 is 5.60 Å². The molecule has 0 radical (unpaired) electrons. The maximum absolute atomic E-state index is 10.4. The Kier molecular flexibility index (Phi) is 5.95. The van der Waals surface area contributed by atoms with E-state index in [1.54, 1.807) is 6.08 Å². The summed E-state index contributed by atoms with van der Waals surface area (Å²) in [7, 11) is 0. The van der Waals surface area contributed by atoms with Gasteiger partial charge in [-0.3, -0.25) is 0 Å². The summed E-state index contributed by atoms with van der Waals surface area (Å²) in [6.07, 6.45) is 3.49. The van der Waals surface area contributed by atoms with Gasteiger partial charge in [0.05, 0.1) is 5.60 Å². The molecule has 0 aromatic heterocycles. The molecule has 1 aliphatic rings. The lowest BCUT2D eigenvalue weighted by atomic mass is 9.97. The Morgan fingerprint density at radius 3 is 2.85 bits per heavy atom. The van der Waals surface area contributed by atoms with Crippen LogP contribution in [0.25, 0.3) is 0 Å². The quantitative estimate of drug-likeness (QED) is 0.758. The van der Waals surface area contributed by atoms with E-state index in [0.717, 1.165) is 35.7 Å². The van der Waals surface area contributed by atoms with Gasteiger partial charge in [-0.2, -0.15) is 11.8 Å². The highest BCUT2D eigenvalue weighted by Gasteiger charge is 2.28. The molecule has 0 unspecified atom stereocenters. The number of aliphatic hydroxyl groups is 1. The number of rotatable bonds is 7. The van der Waals surface area contributed by atoms with Crippen LogP contribution in [0.1, 0.15) is 18.4 Å². The molecule has 20 heavy (non-hydrogen) atoms. The Bertz CT molecular complexity index is 430. The van der Waals surface area contributed by atoms with Gasteiger partial charge in [0.1, 0.15) is 12.4 Å². The van der Waals surface area contributed by atoms with Crippen molar-refractivity contribution >= 4 is 11.8 Å². The van der Waals surface area contributed by atoms with Crippen molar-refractivity contribution in [3.63, 3.8) is 0 Å². The summed E-state index contributed by atoms with van der Waals surface area (Å²) in [4.78, 5) is 0. The first-order chi connectivity index (χ1) is 9.73. The number of benzene rings is 1. The predicted octanol–water partition coefficient (Wildman–Crippen LogP) is 2.60. The van der Waals surface area contributed by atoms with Crippen LogP contribution in [0, 0.1) is 0 Å². The summed E-state index contributed by atoms with van der Waals surface area (Å²) in [5.41, 5.74) is 0.574. The van der Waals surface area contributed by atoms with Crippen molar-refractivity contribution in [2.24, 2.45) is 0 Å². The van der Waals surface area contributed by atoms with E-state index in [9.17, 15) is 5.11 Å². The van der Waals surface area contributed by atoms with Gasteiger partial charge in [-0.05, 0) is 30.4 Å². The van der Waals surface area contributed by atoms with Crippen molar-refractivity contribution < 1.29 is 9.84 Å². The van der Waals surface area contributed by atoms with Crippen LogP contribution in [0.5, 0.6) is 5.75 Å². The standard InChI is InChI=1S/C16H23NO2S/c1-2-9-19-15-6-4-3-5-14(15)12-17-13-16(18)7-10-20-11-8-16/h2-6,17-18H,1,7-13H2. The summed E-state index contributed by atoms with van der Waals surface area (Å²) in [5.74, 6) is 2.99. The second-order valence-electron chi connectivity index (χ2n) is 5.15. The van der Waals surface area contributed by atoms with Gasteiger partial charge >= 0.3 is 0 Å². The summed E-state index contributed by atoms with van der Waals surface area (Å²) in [6.45, 7) is 5.53. The summed E-state index contributed by atoms with van der Waals surface area (Å²) in [6, 6.07) is 7.98. The SMILES string of the molecule is C=CCOc1ccccc1CNCC1(O)CCSCC1. The molecule has 4 heteroatoms. The van der Waals surface area contributed by atoms with E-state index in [-0.39, 0.29) is 0 Å². The van der Waals surface area contributed by atoms with Crippen molar-refractivity contribution in [2.75, 3.05) is 24.7 Å². The lowest BCUT2D eigenvalue weighted by molar-refractivity contribution is 0.0319. The van der Waals surface area contributed by atoms with E-state index in [2.05, 4.69) is 11.9 Å². The van der Waals surface area contributed by atoms with Crippen molar-refractivity contribution in [1.82, 2.24) is 5.32 Å². The minimum atomic E-state index is -0.540. The van der Waals surface area contributed by atoms with Gasteiger partial charge in [0, 0.05) is 18.7 Å². The van der Waals surface area contributed by atoms with Crippen molar-refractivity contribution in [3.8, 4) is 5.75 Å². The predicted molar refractivity (Wildman–Crippen MR) is 85.3 cm³/mol. The molecule has 0 aliphatic carbocycles. The first kappa shape index (κ1) is 15.4. The smallest absolute Gasteiger partial charge is 0.124 e. The summed E-state index contributed by atoms with van der Waals surface area (Å²) in [5, 5.41) is 13.8. The zero-order valence-electron chi connectivity index (χ0n) is 11.8. The second kappa shape index (κ2) is 7.72. The maximum atomic E-state index is 10.4. The molecule has 0 saturated carbocycles. The number of hydrogen-bond donors (Lipinski definition) is 2. The van der Waals surface area contributed by atoms with Crippen LogP contribution >= 0.6 is 11.8 Å². The molecule has 0 amide bonds. The molecule has 0 atom stereocenters. The van der Waals surface area contributed by atoms with Crippen LogP contribution in [-0.2, 0) is 6.54 Å². The van der Waals surface area contributed by atoms with Gasteiger partial charge < -0.3 is 15.2 Å². The molecule has 1 aromatic carbocycles. The first-order valence-electron chi connectivity index (χ1n) is 7.06. The lowest BCUT2D eigenvalue weighted by Crippen LogP contribution is -2.43. The van der Waals surface area contributed by atoms with Crippen LogP contribution in [0.3, 0.4) is 0 Å². The van der Waals surface area contributed by atoms with Gasteiger partial charge in [-0.1, -0.05) is 30.9 Å². The first-order valence-corrected chi connectivity index (χ1v) is 8.21. The summed E-state index contributed by atoms with van der Waals surface area (Å²) < 4.78 is 5.63. The molecule has 1 fully saturated rings.